The van der Waals surface area contributed by atoms with E-state index in [-0.39, 0.29) is 5.60 Å². The maximum atomic E-state index is 9.10. The Morgan fingerprint density at radius 1 is 1.00 bits per heavy atom. The van der Waals surface area contributed by atoms with Gasteiger partial charge < -0.3 is 19.8 Å². The van der Waals surface area contributed by atoms with Gasteiger partial charge in [0.2, 0.25) is 0 Å². The third kappa shape index (κ3) is 4.79. The predicted molar refractivity (Wildman–Crippen MR) is 133 cm³/mol. The van der Waals surface area contributed by atoms with E-state index in [1.807, 2.05) is 0 Å². The van der Waals surface area contributed by atoms with Gasteiger partial charge >= 0.3 is 11.9 Å². The molecule has 1 saturated heterocycles. The van der Waals surface area contributed by atoms with Crippen molar-refractivity contribution in [3.63, 3.8) is 0 Å². The molecule has 6 rings (SSSR count). The number of carboxylic acids is 2. The van der Waals surface area contributed by atoms with Gasteiger partial charge in [0, 0.05) is 18.8 Å². The molecule has 1 unspecified atom stereocenters. The van der Waals surface area contributed by atoms with Gasteiger partial charge in [-0.1, -0.05) is 42.5 Å². The van der Waals surface area contributed by atoms with Crippen molar-refractivity contribution < 1.29 is 24.5 Å². The highest BCUT2D eigenvalue weighted by atomic mass is 16.5. The molecule has 8 nitrogen and oxygen atoms in total. The predicted octanol–water partition coefficient (Wildman–Crippen LogP) is 3.97. The summed E-state index contributed by atoms with van der Waals surface area (Å²) in [4.78, 5) is 20.8. The van der Waals surface area contributed by atoms with Gasteiger partial charge in [-0.3, -0.25) is 0 Å². The molecule has 0 amide bonds. The number of ether oxygens (including phenoxy) is 1. The topological polar surface area (TPSA) is 105 Å². The van der Waals surface area contributed by atoms with E-state index < -0.39 is 11.9 Å². The Morgan fingerprint density at radius 2 is 1.69 bits per heavy atom. The van der Waals surface area contributed by atoms with Crippen LogP contribution < -0.4 is 0 Å². The minimum absolute atomic E-state index is 0.0234. The highest BCUT2D eigenvalue weighted by Crippen LogP contribution is 2.44. The van der Waals surface area contributed by atoms with Crippen LogP contribution in [0.1, 0.15) is 54.0 Å². The fraction of sp³-hybridized carbons (Fsp3) is 0.393. The van der Waals surface area contributed by atoms with Crippen molar-refractivity contribution >= 4 is 11.9 Å². The molecule has 2 aliphatic heterocycles. The third-order valence-corrected chi connectivity index (χ3v) is 7.72. The third-order valence-electron chi connectivity index (χ3n) is 7.72. The number of fused-ring (bicyclic) bond motifs is 3. The lowest BCUT2D eigenvalue weighted by molar-refractivity contribution is -0.159. The summed E-state index contributed by atoms with van der Waals surface area (Å²) in [6, 6.07) is 19.3. The van der Waals surface area contributed by atoms with Crippen LogP contribution in [0.5, 0.6) is 0 Å². The minimum atomic E-state index is -1.82. The monoisotopic (exact) mass is 489 g/mol. The molecule has 0 saturated carbocycles. The second-order valence-electron chi connectivity index (χ2n) is 9.71. The minimum Gasteiger partial charge on any atom is -0.473 e. The maximum Gasteiger partial charge on any atom is 0.414 e. The largest absolute Gasteiger partial charge is 0.473 e. The average molecular weight is 490 g/mol. The summed E-state index contributed by atoms with van der Waals surface area (Å²) in [5.41, 5.74) is 6.88. The van der Waals surface area contributed by atoms with E-state index in [0.29, 0.717) is 5.92 Å². The van der Waals surface area contributed by atoms with Crippen molar-refractivity contribution in [3.8, 4) is 5.69 Å². The van der Waals surface area contributed by atoms with E-state index >= 15 is 0 Å². The quantitative estimate of drug-likeness (QED) is 0.534. The number of rotatable bonds is 4. The molecule has 1 atom stereocenters. The van der Waals surface area contributed by atoms with Crippen molar-refractivity contribution in [1.29, 1.82) is 0 Å². The zero-order valence-electron chi connectivity index (χ0n) is 20.2. The summed E-state index contributed by atoms with van der Waals surface area (Å²) in [7, 11) is 0. The van der Waals surface area contributed by atoms with E-state index in [1.165, 1.54) is 47.5 Å². The molecule has 0 radical (unpaired) electrons. The number of carboxylic acid groups (broad SMARTS) is 2. The average Bonchev–Trinajstić information content (AvgIpc) is 3.60. The Balaban J connectivity index is 0.000000400. The summed E-state index contributed by atoms with van der Waals surface area (Å²) < 4.78 is 8.48. The van der Waals surface area contributed by atoms with Crippen LogP contribution in [0, 0.1) is 0 Å². The first kappa shape index (κ1) is 24.2. The van der Waals surface area contributed by atoms with Crippen LogP contribution in [-0.4, -0.2) is 56.5 Å². The molecule has 188 valence electrons. The SMILES string of the molecule is O=C(O)C(=O)O.c1ccc(-n2ncc3c2CCC3CCN2CCC3(CC2)OCc2ccccc23)cc1. The first-order chi connectivity index (χ1) is 17.5. The number of nitrogens with zero attached hydrogens (tertiary/aromatic N) is 3. The van der Waals surface area contributed by atoms with Crippen LogP contribution >= 0.6 is 0 Å². The summed E-state index contributed by atoms with van der Waals surface area (Å²) in [6.07, 6.45) is 7.99. The van der Waals surface area contributed by atoms with Crippen molar-refractivity contribution in [3.05, 3.63) is 83.2 Å². The smallest absolute Gasteiger partial charge is 0.414 e. The molecule has 1 aliphatic carbocycles. The van der Waals surface area contributed by atoms with Crippen molar-refractivity contribution in [1.82, 2.24) is 14.7 Å². The van der Waals surface area contributed by atoms with Gasteiger partial charge in [0.1, 0.15) is 0 Å². The lowest BCUT2D eigenvalue weighted by atomic mass is 9.83. The highest BCUT2D eigenvalue weighted by Gasteiger charge is 2.42. The second kappa shape index (κ2) is 10.2. The number of piperidine rings is 1. The Hall–Kier alpha value is -3.49. The number of likely N-dealkylation sites (tertiary alicyclic amines) is 1. The van der Waals surface area contributed by atoms with E-state index in [9.17, 15) is 0 Å². The highest BCUT2D eigenvalue weighted by molar-refractivity contribution is 6.27. The molecule has 36 heavy (non-hydrogen) atoms. The molecule has 2 aromatic carbocycles. The zero-order valence-corrected chi connectivity index (χ0v) is 20.2. The lowest BCUT2D eigenvalue weighted by Gasteiger charge is -2.39. The van der Waals surface area contributed by atoms with E-state index in [0.717, 1.165) is 39.0 Å². The van der Waals surface area contributed by atoms with Gasteiger partial charge in [-0.2, -0.15) is 5.10 Å². The van der Waals surface area contributed by atoms with Crippen LogP contribution in [-0.2, 0) is 33.0 Å². The fourth-order valence-electron chi connectivity index (χ4n) is 5.81. The molecule has 0 bridgehead atoms. The lowest BCUT2D eigenvalue weighted by Crippen LogP contribution is -2.43. The zero-order chi connectivity index (χ0) is 25.1. The summed E-state index contributed by atoms with van der Waals surface area (Å²) in [6.45, 7) is 4.24. The summed E-state index contributed by atoms with van der Waals surface area (Å²) >= 11 is 0. The van der Waals surface area contributed by atoms with Crippen molar-refractivity contribution in [2.24, 2.45) is 0 Å². The first-order valence-corrected chi connectivity index (χ1v) is 12.5. The first-order valence-electron chi connectivity index (χ1n) is 12.5. The molecule has 3 heterocycles. The number of aromatic nitrogens is 2. The molecule has 8 heteroatoms. The number of benzene rings is 2. The number of hydrogen-bond donors (Lipinski definition) is 2. The second-order valence-corrected chi connectivity index (χ2v) is 9.71. The van der Waals surface area contributed by atoms with Gasteiger partial charge in [0.15, 0.2) is 0 Å². The standard InChI is InChI=1S/C26H29N3O.C2H2O4/c1-2-7-22(8-3-1)29-25-11-10-20(23(25)18-27-29)12-15-28-16-13-26(14-17-28)24-9-5-4-6-21(24)19-30-26;3-1(4)2(5)6/h1-9,18,20H,10-17,19H2;(H,3,4)(H,5,6). The van der Waals surface area contributed by atoms with Crippen LogP contribution in [0.15, 0.2) is 60.8 Å². The molecule has 3 aromatic rings. The number of aliphatic carboxylic acids is 2. The number of carbonyl (C=O) groups is 2. The molecule has 2 N–H and O–H groups in total. The van der Waals surface area contributed by atoms with Crippen molar-refractivity contribution in [2.45, 2.75) is 50.2 Å². The Labute approximate surface area is 210 Å². The molecule has 1 spiro atoms. The van der Waals surface area contributed by atoms with Crippen LogP contribution in [0.4, 0.5) is 0 Å². The summed E-state index contributed by atoms with van der Waals surface area (Å²) in [5.74, 6) is -3.00. The summed E-state index contributed by atoms with van der Waals surface area (Å²) in [5, 5.41) is 19.5. The Bertz CT molecular complexity index is 1220. The van der Waals surface area contributed by atoms with Crippen LogP contribution in [0.2, 0.25) is 0 Å². The maximum absolute atomic E-state index is 9.10. The molecule has 1 fully saturated rings. The van der Waals surface area contributed by atoms with E-state index in [2.05, 4.69) is 70.4 Å². The number of para-hydroxylation sites is 1. The van der Waals surface area contributed by atoms with Gasteiger partial charge in [0.25, 0.3) is 0 Å². The Kier molecular flexibility index (Phi) is 6.89. The van der Waals surface area contributed by atoms with Crippen molar-refractivity contribution in [2.75, 3.05) is 19.6 Å². The molecule has 3 aliphatic rings. The van der Waals surface area contributed by atoms with Gasteiger partial charge in [-0.05, 0) is 73.4 Å². The van der Waals surface area contributed by atoms with Crippen LogP contribution in [0.3, 0.4) is 0 Å². The Morgan fingerprint density at radius 3 is 2.42 bits per heavy atom. The molecular formula is C28H31N3O5. The van der Waals surface area contributed by atoms with Gasteiger partial charge in [0.05, 0.1) is 24.1 Å². The fourth-order valence-corrected chi connectivity index (χ4v) is 5.81. The van der Waals surface area contributed by atoms with Crippen LogP contribution in [0.25, 0.3) is 5.69 Å². The molecular weight excluding hydrogens is 458 g/mol. The number of hydrogen-bond acceptors (Lipinski definition) is 5. The van der Waals surface area contributed by atoms with Gasteiger partial charge in [-0.25, -0.2) is 14.3 Å². The van der Waals surface area contributed by atoms with E-state index in [4.69, 9.17) is 29.6 Å². The van der Waals surface area contributed by atoms with Gasteiger partial charge in [-0.15, -0.1) is 0 Å². The van der Waals surface area contributed by atoms with E-state index in [1.54, 1.807) is 0 Å². The normalized spacial score (nSPS) is 19.8. The molecule has 1 aromatic heterocycles.